The predicted molar refractivity (Wildman–Crippen MR) is 114 cm³/mol. The standard InChI is InChI=1S/C22H46O4S.K/c1-3-5-7-9-10-11-12-13-15-16-18-21(23)20-22(27(24,25)26)19-17-14-8-6-4-2;/h21-23H,3-20H2,1-2H3,(H,24,25,26);/q;+1/p-1. The molecule has 0 aromatic carbocycles. The Labute approximate surface area is 218 Å². The Balaban J connectivity index is 0. The molecule has 0 aliphatic rings. The van der Waals surface area contributed by atoms with E-state index in [0.717, 1.165) is 44.9 Å². The zero-order chi connectivity index (χ0) is 20.4. The largest absolute Gasteiger partial charge is 1.00 e. The molecule has 0 heterocycles. The molecule has 0 radical (unpaired) electrons. The van der Waals surface area contributed by atoms with Gasteiger partial charge in [0.1, 0.15) is 0 Å². The van der Waals surface area contributed by atoms with E-state index in [9.17, 15) is 18.1 Å². The summed E-state index contributed by atoms with van der Waals surface area (Å²) in [7, 11) is -4.32. The number of rotatable bonds is 20. The molecule has 4 nitrogen and oxygen atoms in total. The Morgan fingerprint density at radius 3 is 1.43 bits per heavy atom. The summed E-state index contributed by atoms with van der Waals surface area (Å²) in [5.41, 5.74) is 0. The second-order valence-corrected chi connectivity index (χ2v) is 9.83. The molecular weight excluding hydrogens is 399 g/mol. The zero-order valence-electron chi connectivity index (χ0n) is 19.0. The quantitative estimate of drug-likeness (QED) is 0.177. The minimum absolute atomic E-state index is 0. The van der Waals surface area contributed by atoms with Crippen molar-refractivity contribution in [2.24, 2.45) is 0 Å². The third-order valence-electron chi connectivity index (χ3n) is 5.46. The van der Waals surface area contributed by atoms with Crippen LogP contribution in [0.4, 0.5) is 0 Å². The Kier molecular flexibility index (Phi) is 24.6. The molecule has 164 valence electrons. The summed E-state index contributed by atoms with van der Waals surface area (Å²) in [6.45, 7) is 4.37. The van der Waals surface area contributed by atoms with Crippen LogP contribution in [0.5, 0.6) is 0 Å². The van der Waals surface area contributed by atoms with Gasteiger partial charge < -0.3 is 9.66 Å². The minimum atomic E-state index is -4.32. The Morgan fingerprint density at radius 1 is 0.679 bits per heavy atom. The van der Waals surface area contributed by atoms with Crippen LogP contribution in [0.3, 0.4) is 0 Å². The van der Waals surface area contributed by atoms with Crippen molar-refractivity contribution in [1.29, 1.82) is 0 Å². The van der Waals surface area contributed by atoms with E-state index in [4.69, 9.17) is 0 Å². The van der Waals surface area contributed by atoms with Crippen LogP contribution in [0, 0.1) is 0 Å². The van der Waals surface area contributed by atoms with E-state index in [2.05, 4.69) is 13.8 Å². The summed E-state index contributed by atoms with van der Waals surface area (Å²) >= 11 is 0. The maximum absolute atomic E-state index is 11.5. The van der Waals surface area contributed by atoms with E-state index in [1.54, 1.807) is 0 Å². The van der Waals surface area contributed by atoms with Gasteiger partial charge in [0.2, 0.25) is 0 Å². The molecule has 0 aliphatic carbocycles. The number of hydrogen-bond acceptors (Lipinski definition) is 4. The molecule has 0 aromatic rings. The molecule has 28 heavy (non-hydrogen) atoms. The SMILES string of the molecule is CCCCCCCCCCCCC(O)CC(CCCCCCC)S(=O)(=O)[O-].[K+]. The van der Waals surface area contributed by atoms with Crippen LogP contribution < -0.4 is 51.4 Å². The van der Waals surface area contributed by atoms with Gasteiger partial charge in [-0.25, -0.2) is 8.42 Å². The van der Waals surface area contributed by atoms with Gasteiger partial charge in [-0.15, -0.1) is 0 Å². The van der Waals surface area contributed by atoms with Gasteiger partial charge in [-0.05, 0) is 19.3 Å². The summed E-state index contributed by atoms with van der Waals surface area (Å²) in [6, 6.07) is 0. The van der Waals surface area contributed by atoms with Crippen molar-refractivity contribution in [3.63, 3.8) is 0 Å². The van der Waals surface area contributed by atoms with Gasteiger partial charge in [0.15, 0.2) is 0 Å². The van der Waals surface area contributed by atoms with E-state index in [1.807, 2.05) is 0 Å². The monoisotopic (exact) mass is 444 g/mol. The van der Waals surface area contributed by atoms with Crippen molar-refractivity contribution in [2.45, 2.75) is 141 Å². The fraction of sp³-hybridized carbons (Fsp3) is 1.00. The van der Waals surface area contributed by atoms with Crippen molar-refractivity contribution in [3.8, 4) is 0 Å². The average Bonchev–Trinajstić information content (AvgIpc) is 2.61. The maximum Gasteiger partial charge on any atom is 1.00 e. The molecule has 0 aromatic heterocycles. The first kappa shape index (κ1) is 31.7. The Hall–Kier alpha value is 1.51. The molecule has 0 saturated carbocycles. The molecule has 0 rings (SSSR count). The van der Waals surface area contributed by atoms with Crippen LogP contribution in [0.2, 0.25) is 0 Å². The van der Waals surface area contributed by atoms with Gasteiger partial charge in [0.25, 0.3) is 0 Å². The Morgan fingerprint density at radius 2 is 1.04 bits per heavy atom. The molecule has 0 bridgehead atoms. The smallest absolute Gasteiger partial charge is 0.748 e. The summed E-state index contributed by atoms with van der Waals surface area (Å²) in [4.78, 5) is 0. The van der Waals surface area contributed by atoms with Crippen LogP contribution in [0.15, 0.2) is 0 Å². The molecule has 0 saturated heterocycles. The molecule has 1 N–H and O–H groups in total. The van der Waals surface area contributed by atoms with Gasteiger partial charge in [0.05, 0.1) is 21.5 Å². The third kappa shape index (κ3) is 20.8. The molecule has 0 amide bonds. The second kappa shape index (κ2) is 21.7. The van der Waals surface area contributed by atoms with Gasteiger partial charge in [-0.2, -0.15) is 0 Å². The van der Waals surface area contributed by atoms with Crippen molar-refractivity contribution in [2.75, 3.05) is 0 Å². The van der Waals surface area contributed by atoms with Crippen molar-refractivity contribution < 1.29 is 69.5 Å². The summed E-state index contributed by atoms with van der Waals surface area (Å²) < 4.78 is 34.4. The van der Waals surface area contributed by atoms with Crippen molar-refractivity contribution in [1.82, 2.24) is 0 Å². The normalized spacial score (nSPS) is 13.9. The fourth-order valence-corrected chi connectivity index (χ4v) is 4.56. The number of unbranched alkanes of at least 4 members (excludes halogenated alkanes) is 13. The van der Waals surface area contributed by atoms with Crippen molar-refractivity contribution >= 4 is 10.1 Å². The van der Waals surface area contributed by atoms with E-state index in [1.165, 1.54) is 51.4 Å². The first-order valence-electron chi connectivity index (χ1n) is 11.5. The minimum Gasteiger partial charge on any atom is -0.748 e. The average molecular weight is 445 g/mol. The van der Waals surface area contributed by atoms with Gasteiger partial charge in [0, 0.05) is 0 Å². The van der Waals surface area contributed by atoms with Crippen LogP contribution in [0.1, 0.15) is 129 Å². The molecule has 0 spiro atoms. The summed E-state index contributed by atoms with van der Waals surface area (Å²) in [6.07, 6.45) is 17.9. The van der Waals surface area contributed by atoms with Crippen LogP contribution >= 0.6 is 0 Å². The summed E-state index contributed by atoms with van der Waals surface area (Å²) in [5.74, 6) is 0. The van der Waals surface area contributed by atoms with E-state index >= 15 is 0 Å². The van der Waals surface area contributed by atoms with Crippen LogP contribution in [-0.2, 0) is 10.1 Å². The number of aliphatic hydroxyl groups excluding tert-OH is 1. The molecule has 6 heteroatoms. The zero-order valence-corrected chi connectivity index (χ0v) is 22.9. The van der Waals surface area contributed by atoms with E-state index in [0.29, 0.717) is 12.8 Å². The first-order valence-corrected chi connectivity index (χ1v) is 13.0. The molecule has 2 unspecified atom stereocenters. The second-order valence-electron chi connectivity index (χ2n) is 8.18. The molecule has 2 atom stereocenters. The van der Waals surface area contributed by atoms with Crippen LogP contribution in [0.25, 0.3) is 0 Å². The predicted octanol–water partition coefficient (Wildman–Crippen LogP) is 3.33. The van der Waals surface area contributed by atoms with Crippen molar-refractivity contribution in [3.05, 3.63) is 0 Å². The van der Waals surface area contributed by atoms with E-state index in [-0.39, 0.29) is 57.8 Å². The topological polar surface area (TPSA) is 77.4 Å². The maximum atomic E-state index is 11.5. The fourth-order valence-electron chi connectivity index (χ4n) is 3.64. The van der Waals surface area contributed by atoms with E-state index < -0.39 is 21.5 Å². The third-order valence-corrected chi connectivity index (χ3v) is 6.71. The summed E-state index contributed by atoms with van der Waals surface area (Å²) in [5, 5.41) is 9.22. The first-order chi connectivity index (χ1) is 12.9. The van der Waals surface area contributed by atoms with Gasteiger partial charge >= 0.3 is 51.4 Å². The Bertz CT molecular complexity index is 415. The van der Waals surface area contributed by atoms with Gasteiger partial charge in [-0.3, -0.25) is 0 Å². The number of hydrogen-bond donors (Lipinski definition) is 1. The number of aliphatic hydroxyl groups is 1. The van der Waals surface area contributed by atoms with Gasteiger partial charge in [-0.1, -0.05) is 110 Å². The molecule has 0 fully saturated rings. The molecular formula is C22H45KO4S. The van der Waals surface area contributed by atoms with Crippen LogP contribution in [-0.4, -0.2) is 29.4 Å². The molecule has 0 aliphatic heterocycles.